The topological polar surface area (TPSA) is 85.1 Å². The van der Waals surface area contributed by atoms with E-state index in [9.17, 15) is 14.9 Å². The third-order valence-electron chi connectivity index (χ3n) is 4.97. The quantitative estimate of drug-likeness (QED) is 0.350. The lowest BCUT2D eigenvalue weighted by molar-refractivity contribution is -0.383. The lowest BCUT2D eigenvalue weighted by Crippen LogP contribution is -2.14. The highest BCUT2D eigenvalue weighted by Crippen LogP contribution is 2.28. The van der Waals surface area contributed by atoms with Gasteiger partial charge in [-0.2, -0.15) is 0 Å². The number of aromatic nitrogens is 1. The van der Waals surface area contributed by atoms with E-state index < -0.39 is 10.8 Å². The Hall–Kier alpha value is -4.06. The van der Waals surface area contributed by atoms with Gasteiger partial charge in [-0.05, 0) is 30.2 Å². The fourth-order valence-electron chi connectivity index (χ4n) is 3.35. The number of hydrogen-bond acceptors (Lipinski definition) is 4. The van der Waals surface area contributed by atoms with Crippen LogP contribution in [0.25, 0.3) is 22.2 Å². The molecular weight excluding hydrogens is 378 g/mol. The van der Waals surface area contributed by atoms with E-state index in [-0.39, 0.29) is 11.4 Å². The van der Waals surface area contributed by atoms with Crippen LogP contribution in [0.2, 0.25) is 0 Å². The first-order valence-corrected chi connectivity index (χ1v) is 9.60. The largest absolute Gasteiger partial charge is 0.316 e. The number of anilines is 1. The highest BCUT2D eigenvalue weighted by atomic mass is 16.6. The molecule has 0 aliphatic heterocycles. The SMILES string of the molecule is CCc1ccc(-c2cc(C(=O)Nc3ccccc3[N+](=O)[O-])c3ccccc3n2)cc1. The zero-order valence-corrected chi connectivity index (χ0v) is 16.3. The van der Waals surface area contributed by atoms with E-state index in [1.807, 2.05) is 48.5 Å². The standard InChI is InChI=1S/C24H19N3O3/c1-2-16-11-13-17(14-12-16)22-15-19(18-7-3-4-8-20(18)25-22)24(28)26-21-9-5-6-10-23(21)27(29)30/h3-15H,2H2,1H3,(H,26,28). The van der Waals surface area contributed by atoms with Gasteiger partial charge in [-0.25, -0.2) is 4.98 Å². The fourth-order valence-corrected chi connectivity index (χ4v) is 3.35. The molecule has 30 heavy (non-hydrogen) atoms. The van der Waals surface area contributed by atoms with Crippen LogP contribution < -0.4 is 5.32 Å². The van der Waals surface area contributed by atoms with E-state index >= 15 is 0 Å². The van der Waals surface area contributed by atoms with Gasteiger partial charge < -0.3 is 5.32 Å². The van der Waals surface area contributed by atoms with Crippen molar-refractivity contribution in [3.8, 4) is 11.3 Å². The van der Waals surface area contributed by atoms with Gasteiger partial charge in [0.2, 0.25) is 0 Å². The van der Waals surface area contributed by atoms with Crippen molar-refractivity contribution >= 4 is 28.2 Å². The van der Waals surface area contributed by atoms with Crippen molar-refractivity contribution < 1.29 is 9.72 Å². The number of amides is 1. The summed E-state index contributed by atoms with van der Waals surface area (Å²) in [7, 11) is 0. The van der Waals surface area contributed by atoms with Crippen LogP contribution in [0, 0.1) is 10.1 Å². The van der Waals surface area contributed by atoms with Gasteiger partial charge in [0.05, 0.1) is 21.7 Å². The zero-order valence-electron chi connectivity index (χ0n) is 16.3. The number of nitrogens with one attached hydrogen (secondary N) is 1. The maximum absolute atomic E-state index is 13.1. The number of fused-ring (bicyclic) bond motifs is 1. The minimum absolute atomic E-state index is 0.153. The predicted molar refractivity (Wildman–Crippen MR) is 118 cm³/mol. The van der Waals surface area contributed by atoms with E-state index in [1.165, 1.54) is 17.7 Å². The van der Waals surface area contributed by atoms with Gasteiger partial charge >= 0.3 is 0 Å². The molecule has 1 amide bonds. The molecule has 4 rings (SSSR count). The molecule has 3 aromatic carbocycles. The molecule has 1 N–H and O–H groups in total. The summed E-state index contributed by atoms with van der Waals surface area (Å²) in [4.78, 5) is 28.6. The Labute approximate surface area is 173 Å². The Morgan fingerprint density at radius 1 is 1.00 bits per heavy atom. The van der Waals surface area contributed by atoms with Crippen LogP contribution in [0.1, 0.15) is 22.8 Å². The van der Waals surface area contributed by atoms with E-state index in [2.05, 4.69) is 12.2 Å². The van der Waals surface area contributed by atoms with Crippen molar-refractivity contribution in [3.63, 3.8) is 0 Å². The monoisotopic (exact) mass is 397 g/mol. The summed E-state index contributed by atoms with van der Waals surface area (Å²) in [5.74, 6) is -0.422. The number of hydrogen-bond donors (Lipinski definition) is 1. The number of para-hydroxylation sites is 3. The van der Waals surface area contributed by atoms with Gasteiger partial charge in [0.1, 0.15) is 5.69 Å². The van der Waals surface area contributed by atoms with Crippen molar-refractivity contribution in [2.45, 2.75) is 13.3 Å². The Balaban J connectivity index is 1.79. The van der Waals surface area contributed by atoms with Gasteiger partial charge in [0.25, 0.3) is 11.6 Å². The first-order chi connectivity index (χ1) is 14.6. The molecule has 0 saturated carbocycles. The maximum Gasteiger partial charge on any atom is 0.292 e. The summed E-state index contributed by atoms with van der Waals surface area (Å²) < 4.78 is 0. The highest BCUT2D eigenvalue weighted by Gasteiger charge is 2.18. The summed E-state index contributed by atoms with van der Waals surface area (Å²) in [6, 6.07) is 23.2. The van der Waals surface area contributed by atoms with Gasteiger partial charge in [-0.1, -0.05) is 61.5 Å². The number of aryl methyl sites for hydroxylation is 1. The second-order valence-corrected chi connectivity index (χ2v) is 6.85. The third-order valence-corrected chi connectivity index (χ3v) is 4.97. The summed E-state index contributed by atoms with van der Waals surface area (Å²) in [5.41, 5.74) is 3.88. The molecule has 0 aliphatic rings. The Morgan fingerprint density at radius 2 is 1.70 bits per heavy atom. The smallest absolute Gasteiger partial charge is 0.292 e. The summed E-state index contributed by atoms with van der Waals surface area (Å²) in [5, 5.41) is 14.7. The van der Waals surface area contributed by atoms with Crippen LogP contribution in [0.3, 0.4) is 0 Å². The average Bonchev–Trinajstić information content (AvgIpc) is 2.78. The van der Waals surface area contributed by atoms with Crippen LogP contribution in [-0.2, 0) is 6.42 Å². The molecule has 4 aromatic rings. The average molecular weight is 397 g/mol. The van der Waals surface area contributed by atoms with Gasteiger partial charge in [-0.15, -0.1) is 0 Å². The molecule has 1 heterocycles. The number of rotatable bonds is 5. The van der Waals surface area contributed by atoms with Crippen LogP contribution in [0.5, 0.6) is 0 Å². The van der Waals surface area contributed by atoms with E-state index in [4.69, 9.17) is 4.98 Å². The zero-order chi connectivity index (χ0) is 21.1. The van der Waals surface area contributed by atoms with Crippen LogP contribution in [0.4, 0.5) is 11.4 Å². The van der Waals surface area contributed by atoms with E-state index in [0.29, 0.717) is 22.2 Å². The first kappa shape index (κ1) is 19.3. The van der Waals surface area contributed by atoms with Gasteiger partial charge in [0, 0.05) is 17.0 Å². The normalized spacial score (nSPS) is 10.7. The Morgan fingerprint density at radius 3 is 2.43 bits per heavy atom. The number of pyridine rings is 1. The molecule has 6 nitrogen and oxygen atoms in total. The second-order valence-electron chi connectivity index (χ2n) is 6.85. The highest BCUT2D eigenvalue weighted by molar-refractivity contribution is 6.13. The number of nitrogens with zero attached hydrogens (tertiary/aromatic N) is 2. The third kappa shape index (κ3) is 3.75. The molecular formula is C24H19N3O3. The Bertz CT molecular complexity index is 1250. The van der Waals surface area contributed by atoms with Crippen molar-refractivity contribution in [1.29, 1.82) is 0 Å². The minimum Gasteiger partial charge on any atom is -0.316 e. The molecule has 0 fully saturated rings. The summed E-state index contributed by atoms with van der Waals surface area (Å²) >= 11 is 0. The molecule has 1 aromatic heterocycles. The molecule has 0 saturated heterocycles. The van der Waals surface area contributed by atoms with Gasteiger partial charge in [-0.3, -0.25) is 14.9 Å². The van der Waals surface area contributed by atoms with Crippen molar-refractivity contribution in [2.75, 3.05) is 5.32 Å². The summed E-state index contributed by atoms with van der Waals surface area (Å²) in [6.07, 6.45) is 0.939. The molecule has 0 aliphatic carbocycles. The second kappa shape index (κ2) is 8.13. The number of nitro benzene ring substituents is 1. The molecule has 6 heteroatoms. The van der Waals surface area contributed by atoms with Crippen molar-refractivity contribution in [1.82, 2.24) is 4.98 Å². The fraction of sp³-hybridized carbons (Fsp3) is 0.0833. The molecule has 0 radical (unpaired) electrons. The predicted octanol–water partition coefficient (Wildman–Crippen LogP) is 5.62. The van der Waals surface area contributed by atoms with Crippen LogP contribution in [0.15, 0.2) is 78.9 Å². The lowest BCUT2D eigenvalue weighted by Gasteiger charge is -2.11. The maximum atomic E-state index is 13.1. The van der Waals surface area contributed by atoms with E-state index in [0.717, 1.165) is 12.0 Å². The molecule has 0 atom stereocenters. The number of carbonyl (C=O) groups is 1. The molecule has 0 unspecified atom stereocenters. The Kier molecular flexibility index (Phi) is 5.22. The lowest BCUT2D eigenvalue weighted by atomic mass is 10.0. The summed E-state index contributed by atoms with van der Waals surface area (Å²) in [6.45, 7) is 2.09. The van der Waals surface area contributed by atoms with Gasteiger partial charge in [0.15, 0.2) is 0 Å². The number of benzene rings is 3. The molecule has 0 spiro atoms. The minimum atomic E-state index is -0.513. The molecule has 0 bridgehead atoms. The first-order valence-electron chi connectivity index (χ1n) is 9.60. The number of carbonyl (C=O) groups excluding carboxylic acids is 1. The molecule has 148 valence electrons. The van der Waals surface area contributed by atoms with Crippen molar-refractivity contribution in [2.24, 2.45) is 0 Å². The van der Waals surface area contributed by atoms with E-state index in [1.54, 1.807) is 18.2 Å². The van der Waals surface area contributed by atoms with Crippen molar-refractivity contribution in [3.05, 3.63) is 100 Å². The van der Waals surface area contributed by atoms with Crippen LogP contribution in [-0.4, -0.2) is 15.8 Å². The number of nitro groups is 1. The van der Waals surface area contributed by atoms with Crippen LogP contribution >= 0.6 is 0 Å².